The lowest BCUT2D eigenvalue weighted by Gasteiger charge is -2.16. The summed E-state index contributed by atoms with van der Waals surface area (Å²) in [6, 6.07) is 10.5. The van der Waals surface area contributed by atoms with E-state index in [1.54, 1.807) is 0 Å². The maximum atomic E-state index is 10.5. The molecule has 0 spiro atoms. The van der Waals surface area contributed by atoms with Crippen LogP contribution in [0.4, 0.5) is 0 Å². The molecule has 2 rings (SSSR count). The van der Waals surface area contributed by atoms with Gasteiger partial charge in [0.1, 0.15) is 6.54 Å². The van der Waals surface area contributed by atoms with Crippen LogP contribution in [-0.4, -0.2) is 17.6 Å². The van der Waals surface area contributed by atoms with E-state index in [4.69, 9.17) is 5.11 Å². The van der Waals surface area contributed by atoms with Crippen LogP contribution in [0.5, 0.6) is 0 Å². The van der Waals surface area contributed by atoms with Gasteiger partial charge < -0.3 is 10.4 Å². The van der Waals surface area contributed by atoms with Crippen molar-refractivity contribution >= 4 is 5.97 Å². The molecule has 3 nitrogen and oxygen atoms in total. The van der Waals surface area contributed by atoms with Crippen molar-refractivity contribution in [3.8, 4) is 0 Å². The second kappa shape index (κ2) is 7.53. The highest BCUT2D eigenvalue weighted by Gasteiger charge is 2.08. The Kier molecular flexibility index (Phi) is 5.42. The summed E-state index contributed by atoms with van der Waals surface area (Å²) < 4.78 is 0. The molecule has 1 aliphatic rings. The first-order valence-corrected chi connectivity index (χ1v) is 7.13. The van der Waals surface area contributed by atoms with Crippen molar-refractivity contribution in [2.75, 3.05) is 6.54 Å². The number of rotatable bonds is 6. The Morgan fingerprint density at radius 3 is 2.80 bits per heavy atom. The summed E-state index contributed by atoms with van der Waals surface area (Å²) >= 11 is 0. The van der Waals surface area contributed by atoms with Crippen LogP contribution in [0, 0.1) is 0 Å². The van der Waals surface area contributed by atoms with Gasteiger partial charge in [0.05, 0.1) is 0 Å². The summed E-state index contributed by atoms with van der Waals surface area (Å²) in [4.78, 5) is 10.5. The van der Waals surface area contributed by atoms with Crippen molar-refractivity contribution in [2.24, 2.45) is 0 Å². The number of carboxylic acids is 1. The predicted octanol–water partition coefficient (Wildman–Crippen LogP) is 3.29. The molecule has 0 fully saturated rings. The maximum absolute atomic E-state index is 10.5. The second-order valence-electron chi connectivity index (χ2n) is 5.07. The molecule has 0 radical (unpaired) electrons. The van der Waals surface area contributed by atoms with Gasteiger partial charge in [-0.2, -0.15) is 0 Å². The predicted molar refractivity (Wildman–Crippen MR) is 80.4 cm³/mol. The Labute approximate surface area is 120 Å². The third-order valence-corrected chi connectivity index (χ3v) is 3.42. The Morgan fingerprint density at radius 1 is 1.25 bits per heavy atom. The molecule has 0 amide bonds. The molecule has 1 aromatic rings. The molecule has 0 aromatic heterocycles. The molecule has 20 heavy (non-hydrogen) atoms. The highest BCUT2D eigenvalue weighted by Crippen LogP contribution is 2.21. The summed E-state index contributed by atoms with van der Waals surface area (Å²) in [5.74, 6) is -0.814. The molecule has 1 aliphatic carbocycles. The molecule has 0 bridgehead atoms. The number of aliphatic carboxylic acids is 1. The monoisotopic (exact) mass is 271 g/mol. The highest BCUT2D eigenvalue weighted by molar-refractivity contribution is 5.69. The summed E-state index contributed by atoms with van der Waals surface area (Å²) in [5, 5.41) is 11.7. The Morgan fingerprint density at radius 2 is 2.05 bits per heavy atom. The van der Waals surface area contributed by atoms with Crippen LogP contribution < -0.4 is 5.32 Å². The summed E-state index contributed by atoms with van der Waals surface area (Å²) in [5.41, 5.74) is 3.72. The fraction of sp³-hybridized carbons (Fsp3) is 0.353. The fourth-order valence-electron chi connectivity index (χ4n) is 2.41. The van der Waals surface area contributed by atoms with Gasteiger partial charge in [-0.15, -0.1) is 0 Å². The molecular formula is C17H21NO2. The molecule has 2 N–H and O–H groups in total. The summed E-state index contributed by atoms with van der Waals surface area (Å²) in [6.07, 6.45) is 9.59. The number of aryl methyl sites for hydroxylation is 1. The topological polar surface area (TPSA) is 49.3 Å². The van der Waals surface area contributed by atoms with Gasteiger partial charge in [0.2, 0.25) is 0 Å². The first kappa shape index (κ1) is 14.4. The number of benzene rings is 1. The van der Waals surface area contributed by atoms with E-state index in [1.165, 1.54) is 11.1 Å². The molecule has 106 valence electrons. The molecule has 1 aromatic carbocycles. The molecule has 3 heteroatoms. The Bertz CT molecular complexity index is 503. The third-order valence-electron chi connectivity index (χ3n) is 3.42. The Hall–Kier alpha value is -2.03. The van der Waals surface area contributed by atoms with E-state index >= 15 is 0 Å². The molecule has 0 saturated carbocycles. The molecular weight excluding hydrogens is 250 g/mol. The van der Waals surface area contributed by atoms with Gasteiger partial charge in [-0.05, 0) is 43.7 Å². The summed E-state index contributed by atoms with van der Waals surface area (Å²) in [7, 11) is 0. The van der Waals surface area contributed by atoms with E-state index in [0.717, 1.165) is 37.8 Å². The second-order valence-corrected chi connectivity index (χ2v) is 5.07. The van der Waals surface area contributed by atoms with E-state index in [2.05, 4.69) is 41.7 Å². The molecule has 0 saturated heterocycles. The first-order chi connectivity index (χ1) is 9.74. The molecule has 0 atom stereocenters. The van der Waals surface area contributed by atoms with Crippen molar-refractivity contribution in [3.05, 3.63) is 59.3 Å². The third kappa shape index (κ3) is 4.92. The molecule has 0 heterocycles. The number of allylic oxidation sites excluding steroid dienone is 4. The largest absolute Gasteiger partial charge is 0.480 e. The lowest BCUT2D eigenvalue weighted by atomic mass is 9.97. The van der Waals surface area contributed by atoms with Gasteiger partial charge >= 0.3 is 5.97 Å². The van der Waals surface area contributed by atoms with E-state index in [9.17, 15) is 4.79 Å². The quantitative estimate of drug-likeness (QED) is 0.834. The Balaban J connectivity index is 1.86. The van der Waals surface area contributed by atoms with E-state index in [-0.39, 0.29) is 6.54 Å². The highest BCUT2D eigenvalue weighted by atomic mass is 16.4. The molecule has 0 unspecified atom stereocenters. The van der Waals surface area contributed by atoms with E-state index in [1.807, 2.05) is 6.07 Å². The van der Waals surface area contributed by atoms with Crippen LogP contribution in [0.15, 0.2) is 53.8 Å². The van der Waals surface area contributed by atoms with Gasteiger partial charge in [-0.3, -0.25) is 4.79 Å². The number of hydrogen-bond acceptors (Lipinski definition) is 2. The normalized spacial score (nSPS) is 16.8. The van der Waals surface area contributed by atoms with Gasteiger partial charge in [0.25, 0.3) is 0 Å². The van der Waals surface area contributed by atoms with Gasteiger partial charge in [0, 0.05) is 5.70 Å². The van der Waals surface area contributed by atoms with Crippen molar-refractivity contribution in [1.29, 1.82) is 0 Å². The zero-order valence-corrected chi connectivity index (χ0v) is 11.6. The zero-order valence-electron chi connectivity index (χ0n) is 11.6. The SMILES string of the molecule is O=C(O)CNC1=C/C(=C/CCc2ccccc2)CCC1. The minimum absolute atomic E-state index is 0.00310. The smallest absolute Gasteiger partial charge is 0.322 e. The van der Waals surface area contributed by atoms with Crippen molar-refractivity contribution in [1.82, 2.24) is 5.32 Å². The van der Waals surface area contributed by atoms with Crippen LogP contribution in [0.3, 0.4) is 0 Å². The van der Waals surface area contributed by atoms with E-state index < -0.39 is 5.97 Å². The number of carboxylic acid groups (broad SMARTS) is 1. The van der Waals surface area contributed by atoms with Crippen LogP contribution in [0.2, 0.25) is 0 Å². The zero-order chi connectivity index (χ0) is 14.2. The average Bonchev–Trinajstić information content (AvgIpc) is 2.47. The number of nitrogens with one attached hydrogen (secondary N) is 1. The van der Waals surface area contributed by atoms with E-state index in [0.29, 0.717) is 0 Å². The maximum Gasteiger partial charge on any atom is 0.322 e. The van der Waals surface area contributed by atoms with Crippen molar-refractivity contribution < 1.29 is 9.90 Å². The van der Waals surface area contributed by atoms with Gasteiger partial charge in [0.15, 0.2) is 0 Å². The standard InChI is InChI=1S/C17H21NO2/c19-17(20)13-18-16-11-5-10-15(12-16)9-4-8-14-6-2-1-3-7-14/h1-3,6-7,9,12,18H,4-5,8,10-11,13H2,(H,19,20)/b15-9+. The van der Waals surface area contributed by atoms with Crippen molar-refractivity contribution in [2.45, 2.75) is 32.1 Å². The van der Waals surface area contributed by atoms with Crippen LogP contribution >= 0.6 is 0 Å². The lowest BCUT2D eigenvalue weighted by Crippen LogP contribution is -2.23. The van der Waals surface area contributed by atoms with Crippen molar-refractivity contribution in [3.63, 3.8) is 0 Å². The molecule has 0 aliphatic heterocycles. The minimum atomic E-state index is -0.814. The number of carbonyl (C=O) groups is 1. The van der Waals surface area contributed by atoms with Crippen LogP contribution in [-0.2, 0) is 11.2 Å². The van der Waals surface area contributed by atoms with Crippen LogP contribution in [0.1, 0.15) is 31.2 Å². The fourth-order valence-corrected chi connectivity index (χ4v) is 2.41. The van der Waals surface area contributed by atoms with Gasteiger partial charge in [-0.1, -0.05) is 42.0 Å². The van der Waals surface area contributed by atoms with Gasteiger partial charge in [-0.25, -0.2) is 0 Å². The number of hydrogen-bond donors (Lipinski definition) is 2. The first-order valence-electron chi connectivity index (χ1n) is 7.13. The summed E-state index contributed by atoms with van der Waals surface area (Å²) in [6.45, 7) is 0.00310. The minimum Gasteiger partial charge on any atom is -0.480 e. The lowest BCUT2D eigenvalue weighted by molar-refractivity contribution is -0.135. The van der Waals surface area contributed by atoms with Crippen LogP contribution in [0.25, 0.3) is 0 Å². The average molecular weight is 271 g/mol.